The van der Waals surface area contributed by atoms with Crippen molar-refractivity contribution in [3.05, 3.63) is 182 Å². The van der Waals surface area contributed by atoms with Crippen LogP contribution in [0.25, 0.3) is 94.7 Å². The lowest BCUT2D eigenvalue weighted by Crippen LogP contribution is -2.00. The van der Waals surface area contributed by atoms with E-state index in [-0.39, 0.29) is 0 Å². The quantitative estimate of drug-likeness (QED) is 0.173. The highest BCUT2D eigenvalue weighted by Gasteiger charge is 2.23. The molecule has 1 aliphatic rings. The number of aromatic nitrogens is 4. The van der Waals surface area contributed by atoms with Crippen molar-refractivity contribution in [2.24, 2.45) is 0 Å². The maximum Gasteiger partial charge on any atom is 0.164 e. The second-order valence-electron chi connectivity index (χ2n) is 14.4. The predicted molar refractivity (Wildman–Crippen MR) is 238 cm³/mol. The molecular formula is C51H30N4OS2. The van der Waals surface area contributed by atoms with E-state index >= 15 is 0 Å². The first-order valence-corrected chi connectivity index (χ1v) is 20.8. The van der Waals surface area contributed by atoms with E-state index in [9.17, 15) is 0 Å². The molecule has 1 aliphatic heterocycles. The van der Waals surface area contributed by atoms with Crippen molar-refractivity contribution in [3.63, 3.8) is 0 Å². The van der Waals surface area contributed by atoms with Gasteiger partial charge in [0.2, 0.25) is 0 Å². The van der Waals surface area contributed by atoms with Crippen molar-refractivity contribution < 1.29 is 4.42 Å². The first kappa shape index (κ1) is 33.2. The van der Waals surface area contributed by atoms with Crippen LogP contribution in [0.4, 0.5) is 0 Å². The molecule has 0 N–H and O–H groups in total. The summed E-state index contributed by atoms with van der Waals surface area (Å²) in [5.41, 5.74) is 10.1. The Hall–Kier alpha value is -6.93. The van der Waals surface area contributed by atoms with Crippen LogP contribution in [-0.2, 0) is 0 Å². The van der Waals surface area contributed by atoms with Crippen LogP contribution in [-0.4, -0.2) is 19.5 Å². The van der Waals surface area contributed by atoms with Crippen molar-refractivity contribution in [2.45, 2.75) is 19.6 Å². The lowest BCUT2D eigenvalue weighted by atomic mass is 9.99. The molecule has 0 radical (unpaired) electrons. The van der Waals surface area contributed by atoms with Gasteiger partial charge in [-0.25, -0.2) is 15.0 Å². The Kier molecular flexibility index (Phi) is 7.64. The van der Waals surface area contributed by atoms with Gasteiger partial charge in [0.05, 0.1) is 11.0 Å². The van der Waals surface area contributed by atoms with Gasteiger partial charge in [-0.05, 0) is 77.9 Å². The van der Waals surface area contributed by atoms with E-state index in [1.165, 1.54) is 41.4 Å². The van der Waals surface area contributed by atoms with Crippen LogP contribution < -0.4 is 0 Å². The van der Waals surface area contributed by atoms with Gasteiger partial charge in [0.15, 0.2) is 17.5 Å². The predicted octanol–water partition coefficient (Wildman–Crippen LogP) is 14.2. The monoisotopic (exact) mass is 778 g/mol. The normalized spacial score (nSPS) is 12.3. The Morgan fingerprint density at radius 3 is 1.64 bits per heavy atom. The molecule has 272 valence electrons. The van der Waals surface area contributed by atoms with E-state index in [4.69, 9.17) is 19.4 Å². The fourth-order valence-electron chi connectivity index (χ4n) is 8.20. The lowest BCUT2D eigenvalue weighted by Gasteiger charge is -2.18. The maximum atomic E-state index is 6.51. The molecule has 11 aromatic rings. The van der Waals surface area contributed by atoms with Gasteiger partial charge in [-0.15, -0.1) is 0 Å². The zero-order valence-corrected chi connectivity index (χ0v) is 32.5. The molecule has 0 amide bonds. The lowest BCUT2D eigenvalue weighted by molar-refractivity contribution is 0.669. The largest absolute Gasteiger partial charge is 0.456 e. The van der Waals surface area contributed by atoms with Crippen molar-refractivity contribution in [1.29, 1.82) is 0 Å². The van der Waals surface area contributed by atoms with Crippen molar-refractivity contribution >= 4 is 67.3 Å². The highest BCUT2D eigenvalue weighted by molar-refractivity contribution is 8.05. The number of rotatable bonds is 5. The van der Waals surface area contributed by atoms with Gasteiger partial charge in [0.25, 0.3) is 0 Å². The number of hydrogen-bond acceptors (Lipinski definition) is 6. The van der Waals surface area contributed by atoms with E-state index in [0.29, 0.717) is 17.5 Å². The summed E-state index contributed by atoms with van der Waals surface area (Å²) in [6.07, 6.45) is 0. The van der Waals surface area contributed by atoms with Crippen molar-refractivity contribution in [3.8, 4) is 51.0 Å². The summed E-state index contributed by atoms with van der Waals surface area (Å²) in [4.78, 5) is 20.3. The van der Waals surface area contributed by atoms with Crippen LogP contribution in [0, 0.1) is 0 Å². The first-order chi connectivity index (χ1) is 28.7. The van der Waals surface area contributed by atoms with Gasteiger partial charge >= 0.3 is 0 Å². The topological polar surface area (TPSA) is 56.7 Å². The third kappa shape index (κ3) is 5.46. The van der Waals surface area contributed by atoms with Crippen LogP contribution >= 0.6 is 23.5 Å². The zero-order chi connectivity index (χ0) is 38.2. The maximum absolute atomic E-state index is 6.51. The fraction of sp³-hybridized carbons (Fsp3) is 0. The molecule has 0 spiro atoms. The van der Waals surface area contributed by atoms with Gasteiger partial charge in [-0.1, -0.05) is 139 Å². The van der Waals surface area contributed by atoms with E-state index in [1.807, 2.05) is 96.3 Å². The SMILES string of the molecule is c1ccc(-c2nc(-c3ccccc3)nc(-c3cccc4oc5ccc(-c6ccc7c(c6)c6cc8c(cc6n7-c6ccccc6)Sc6ccccc6S8)cc5c34)n2)cc1. The number of benzene rings is 8. The molecule has 0 saturated heterocycles. The molecule has 58 heavy (non-hydrogen) atoms. The van der Waals surface area contributed by atoms with Crippen molar-refractivity contribution in [2.75, 3.05) is 0 Å². The Morgan fingerprint density at radius 1 is 0.379 bits per heavy atom. The molecule has 0 atom stereocenters. The van der Waals surface area contributed by atoms with Gasteiger partial charge in [-0.3, -0.25) is 0 Å². The number of para-hydroxylation sites is 1. The third-order valence-electron chi connectivity index (χ3n) is 10.9. The van der Waals surface area contributed by atoms with E-state index in [2.05, 4.69) is 114 Å². The minimum absolute atomic E-state index is 0.600. The van der Waals surface area contributed by atoms with Gasteiger partial charge in [0, 0.05) is 63.5 Å². The smallest absolute Gasteiger partial charge is 0.164 e. The Bertz CT molecular complexity index is 3340. The number of hydrogen-bond donors (Lipinski definition) is 0. The number of furan rings is 1. The van der Waals surface area contributed by atoms with Crippen LogP contribution in [0.3, 0.4) is 0 Å². The summed E-state index contributed by atoms with van der Waals surface area (Å²) in [6, 6.07) is 63.8. The summed E-state index contributed by atoms with van der Waals surface area (Å²) in [5, 5.41) is 4.45. The molecule has 0 fully saturated rings. The molecule has 7 heteroatoms. The molecule has 0 saturated carbocycles. The fourth-order valence-corrected chi connectivity index (χ4v) is 10.5. The molecule has 3 aromatic heterocycles. The van der Waals surface area contributed by atoms with Gasteiger partial charge in [0.1, 0.15) is 11.2 Å². The highest BCUT2D eigenvalue weighted by atomic mass is 32.2. The summed E-state index contributed by atoms with van der Waals surface area (Å²) in [6.45, 7) is 0. The molecule has 0 aliphatic carbocycles. The van der Waals surface area contributed by atoms with Crippen LogP contribution in [0.5, 0.6) is 0 Å². The van der Waals surface area contributed by atoms with Crippen LogP contribution in [0.2, 0.25) is 0 Å². The summed E-state index contributed by atoms with van der Waals surface area (Å²) in [5.74, 6) is 1.85. The third-order valence-corrected chi connectivity index (χ3v) is 13.4. The number of nitrogens with zero attached hydrogens (tertiary/aromatic N) is 4. The van der Waals surface area contributed by atoms with Crippen LogP contribution in [0.1, 0.15) is 0 Å². The molecule has 4 heterocycles. The molecule has 0 unspecified atom stereocenters. The highest BCUT2D eigenvalue weighted by Crippen LogP contribution is 2.51. The Labute approximate surface area is 342 Å². The Balaban J connectivity index is 1.04. The molecular weight excluding hydrogens is 749 g/mol. The summed E-state index contributed by atoms with van der Waals surface area (Å²) < 4.78 is 8.92. The average Bonchev–Trinajstić information content (AvgIpc) is 3.82. The summed E-state index contributed by atoms with van der Waals surface area (Å²) in [7, 11) is 0. The average molecular weight is 779 g/mol. The van der Waals surface area contributed by atoms with E-state index in [0.717, 1.165) is 55.4 Å². The second kappa shape index (κ2) is 13.3. The van der Waals surface area contributed by atoms with E-state index in [1.54, 1.807) is 0 Å². The minimum Gasteiger partial charge on any atom is -0.456 e. The molecule has 8 aromatic carbocycles. The molecule has 0 bridgehead atoms. The zero-order valence-electron chi connectivity index (χ0n) is 30.8. The standard InChI is InChI=1S/C51H30N4OS2/c1-4-13-31(14-5-1)49-52-50(32-15-6-2-7-16-32)54-51(53-49)36-19-12-20-43-48(36)39-28-34(24-26-42(39)56-43)33-23-25-40-37(27-33)38-29-46-47(58-45-22-11-10-21-44(45)57-46)30-41(38)55(40)35-17-8-3-9-18-35/h1-30H. The molecule has 5 nitrogen and oxygen atoms in total. The van der Waals surface area contributed by atoms with Gasteiger partial charge < -0.3 is 8.98 Å². The van der Waals surface area contributed by atoms with E-state index < -0.39 is 0 Å². The molecule has 12 rings (SSSR count). The first-order valence-electron chi connectivity index (χ1n) is 19.2. The Morgan fingerprint density at radius 2 is 0.948 bits per heavy atom. The van der Waals surface area contributed by atoms with Crippen LogP contribution in [0.15, 0.2) is 206 Å². The number of fused-ring (bicyclic) bond motifs is 8. The van der Waals surface area contributed by atoms with Gasteiger partial charge in [-0.2, -0.15) is 0 Å². The van der Waals surface area contributed by atoms with Crippen molar-refractivity contribution in [1.82, 2.24) is 19.5 Å². The minimum atomic E-state index is 0.600. The second-order valence-corrected chi connectivity index (χ2v) is 16.6. The summed E-state index contributed by atoms with van der Waals surface area (Å²) >= 11 is 3.72.